The van der Waals surface area contributed by atoms with Gasteiger partial charge < -0.3 is 10.1 Å². The molecule has 0 fully saturated rings. The summed E-state index contributed by atoms with van der Waals surface area (Å²) in [7, 11) is 1.73. The summed E-state index contributed by atoms with van der Waals surface area (Å²) in [6, 6.07) is 8.20. The third-order valence-corrected chi connectivity index (χ3v) is 3.22. The maximum Gasteiger partial charge on any atom is 0.123 e. The quantitative estimate of drug-likeness (QED) is 0.629. The number of ether oxygens (including phenoxy) is 1. The minimum atomic E-state index is 0.902. The molecule has 1 aromatic rings. The number of hydrogen-bond acceptors (Lipinski definition) is 2. The highest BCUT2D eigenvalue weighted by Crippen LogP contribution is 2.16. The van der Waals surface area contributed by atoms with Gasteiger partial charge in [-0.25, -0.2) is 0 Å². The number of hydrogen-bond donors (Lipinski definition) is 1. The van der Waals surface area contributed by atoms with Gasteiger partial charge in [0.2, 0.25) is 0 Å². The molecule has 1 rings (SSSR count). The Balaban J connectivity index is 2.07. The highest BCUT2D eigenvalue weighted by Gasteiger charge is 1.99. The summed E-state index contributed by atoms with van der Waals surface area (Å²) in [5.41, 5.74) is 1.24. The van der Waals surface area contributed by atoms with Crippen LogP contribution in [-0.4, -0.2) is 13.7 Å². The molecule has 0 aliphatic heterocycles. The number of methoxy groups -OCH3 is 1. The molecule has 0 bridgehead atoms. The lowest BCUT2D eigenvalue weighted by Crippen LogP contribution is -2.15. The minimum absolute atomic E-state index is 0.902. The summed E-state index contributed by atoms with van der Waals surface area (Å²) < 4.78 is 5.33. The summed E-state index contributed by atoms with van der Waals surface area (Å²) in [5.74, 6) is 0.980. The number of para-hydroxylation sites is 1. The fraction of sp³-hybridized carbons (Fsp3) is 0.625. The lowest BCUT2D eigenvalue weighted by atomic mass is 10.1. The van der Waals surface area contributed by atoms with Crippen molar-refractivity contribution in [2.24, 2.45) is 0 Å². The van der Waals surface area contributed by atoms with Gasteiger partial charge in [0, 0.05) is 12.1 Å². The Morgan fingerprint density at radius 2 is 1.72 bits per heavy atom. The Kier molecular flexibility index (Phi) is 8.32. The molecule has 0 aromatic heterocycles. The lowest BCUT2D eigenvalue weighted by molar-refractivity contribution is 0.407. The van der Waals surface area contributed by atoms with E-state index in [9.17, 15) is 0 Å². The zero-order chi connectivity index (χ0) is 13.1. The van der Waals surface area contributed by atoms with Crippen molar-refractivity contribution in [1.82, 2.24) is 5.32 Å². The highest BCUT2D eigenvalue weighted by molar-refractivity contribution is 5.32. The largest absolute Gasteiger partial charge is 0.496 e. The van der Waals surface area contributed by atoms with Crippen molar-refractivity contribution in [3.05, 3.63) is 29.8 Å². The molecular weight excluding hydrogens is 222 g/mol. The topological polar surface area (TPSA) is 21.3 Å². The Morgan fingerprint density at radius 3 is 2.50 bits per heavy atom. The fourth-order valence-corrected chi connectivity index (χ4v) is 2.10. The van der Waals surface area contributed by atoms with Crippen molar-refractivity contribution in [3.8, 4) is 5.75 Å². The molecule has 0 heterocycles. The highest BCUT2D eigenvalue weighted by atomic mass is 16.5. The molecule has 2 heteroatoms. The monoisotopic (exact) mass is 249 g/mol. The predicted octanol–water partition coefficient (Wildman–Crippen LogP) is 4.15. The van der Waals surface area contributed by atoms with Gasteiger partial charge in [-0.1, -0.05) is 57.2 Å². The van der Waals surface area contributed by atoms with E-state index in [1.165, 1.54) is 44.1 Å². The van der Waals surface area contributed by atoms with Gasteiger partial charge in [0.15, 0.2) is 0 Å². The van der Waals surface area contributed by atoms with Gasteiger partial charge in [-0.05, 0) is 19.0 Å². The first-order chi connectivity index (χ1) is 8.88. The van der Waals surface area contributed by atoms with Gasteiger partial charge in [-0.2, -0.15) is 0 Å². The average Bonchev–Trinajstić information content (AvgIpc) is 2.42. The molecule has 0 radical (unpaired) electrons. The average molecular weight is 249 g/mol. The maximum atomic E-state index is 5.33. The number of rotatable bonds is 10. The van der Waals surface area contributed by atoms with Crippen LogP contribution in [0, 0.1) is 0 Å². The Hall–Kier alpha value is -1.02. The molecule has 18 heavy (non-hydrogen) atoms. The van der Waals surface area contributed by atoms with E-state index in [1.54, 1.807) is 7.11 Å². The zero-order valence-electron chi connectivity index (χ0n) is 11.9. The van der Waals surface area contributed by atoms with Crippen LogP contribution in [0.1, 0.15) is 51.0 Å². The van der Waals surface area contributed by atoms with Crippen molar-refractivity contribution < 1.29 is 4.74 Å². The first-order valence-corrected chi connectivity index (χ1v) is 7.21. The van der Waals surface area contributed by atoms with E-state index in [2.05, 4.69) is 24.4 Å². The van der Waals surface area contributed by atoms with Gasteiger partial charge in [-0.15, -0.1) is 0 Å². The van der Waals surface area contributed by atoms with Crippen LogP contribution in [-0.2, 0) is 6.54 Å². The zero-order valence-corrected chi connectivity index (χ0v) is 11.9. The summed E-state index contributed by atoms with van der Waals surface area (Å²) in [4.78, 5) is 0. The van der Waals surface area contributed by atoms with Crippen molar-refractivity contribution in [1.29, 1.82) is 0 Å². The van der Waals surface area contributed by atoms with Gasteiger partial charge in [0.1, 0.15) is 5.75 Å². The standard InChI is InChI=1S/C16H27NO/c1-3-4-5-6-7-10-13-17-14-15-11-8-9-12-16(15)18-2/h8-9,11-12,17H,3-7,10,13-14H2,1-2H3. The number of unbranched alkanes of at least 4 members (excludes halogenated alkanes) is 5. The van der Waals surface area contributed by atoms with Gasteiger partial charge in [0.05, 0.1) is 7.11 Å². The molecule has 0 aliphatic rings. The summed E-state index contributed by atoms with van der Waals surface area (Å²) in [6.45, 7) is 4.26. The molecule has 1 N–H and O–H groups in total. The second-order valence-electron chi connectivity index (χ2n) is 4.76. The molecule has 0 unspecified atom stereocenters. The second-order valence-corrected chi connectivity index (χ2v) is 4.76. The Bertz CT molecular complexity index is 312. The van der Waals surface area contributed by atoms with Gasteiger partial charge in [0.25, 0.3) is 0 Å². The van der Waals surface area contributed by atoms with E-state index in [0.717, 1.165) is 18.8 Å². The molecule has 0 aliphatic carbocycles. The molecule has 0 atom stereocenters. The third-order valence-electron chi connectivity index (χ3n) is 3.22. The van der Waals surface area contributed by atoms with Crippen LogP contribution in [0.25, 0.3) is 0 Å². The summed E-state index contributed by atoms with van der Waals surface area (Å²) >= 11 is 0. The molecule has 2 nitrogen and oxygen atoms in total. The van der Waals surface area contributed by atoms with E-state index >= 15 is 0 Å². The Labute approximate surface area is 112 Å². The third kappa shape index (κ3) is 6.06. The first-order valence-electron chi connectivity index (χ1n) is 7.21. The molecular formula is C16H27NO. The normalized spacial score (nSPS) is 10.6. The predicted molar refractivity (Wildman–Crippen MR) is 78.1 cm³/mol. The van der Waals surface area contributed by atoms with Crippen LogP contribution in [0.5, 0.6) is 5.75 Å². The molecule has 0 saturated carbocycles. The smallest absolute Gasteiger partial charge is 0.123 e. The van der Waals surface area contributed by atoms with Crippen molar-refractivity contribution in [3.63, 3.8) is 0 Å². The first kappa shape index (κ1) is 15.0. The number of nitrogens with one attached hydrogen (secondary N) is 1. The van der Waals surface area contributed by atoms with Crippen LogP contribution in [0.4, 0.5) is 0 Å². The van der Waals surface area contributed by atoms with E-state index < -0.39 is 0 Å². The van der Waals surface area contributed by atoms with Crippen molar-refractivity contribution in [2.75, 3.05) is 13.7 Å². The van der Waals surface area contributed by atoms with Crippen LogP contribution in [0.15, 0.2) is 24.3 Å². The SMILES string of the molecule is CCCCCCCCNCc1ccccc1OC. The lowest BCUT2D eigenvalue weighted by Gasteiger charge is -2.09. The van der Waals surface area contributed by atoms with Crippen LogP contribution in [0.3, 0.4) is 0 Å². The molecule has 1 aromatic carbocycles. The molecule has 102 valence electrons. The van der Waals surface area contributed by atoms with Crippen LogP contribution < -0.4 is 10.1 Å². The number of benzene rings is 1. The minimum Gasteiger partial charge on any atom is -0.496 e. The Morgan fingerprint density at radius 1 is 1.00 bits per heavy atom. The maximum absolute atomic E-state index is 5.33. The van der Waals surface area contributed by atoms with E-state index in [1.807, 2.05) is 12.1 Å². The van der Waals surface area contributed by atoms with E-state index in [-0.39, 0.29) is 0 Å². The van der Waals surface area contributed by atoms with E-state index in [0.29, 0.717) is 0 Å². The van der Waals surface area contributed by atoms with Crippen LogP contribution in [0.2, 0.25) is 0 Å². The van der Waals surface area contributed by atoms with Crippen LogP contribution >= 0.6 is 0 Å². The fourth-order valence-electron chi connectivity index (χ4n) is 2.10. The van der Waals surface area contributed by atoms with Crippen molar-refractivity contribution >= 4 is 0 Å². The molecule has 0 spiro atoms. The van der Waals surface area contributed by atoms with Crippen molar-refractivity contribution in [2.45, 2.75) is 52.0 Å². The van der Waals surface area contributed by atoms with E-state index in [4.69, 9.17) is 4.74 Å². The second kappa shape index (κ2) is 9.95. The van der Waals surface area contributed by atoms with Gasteiger partial charge in [-0.3, -0.25) is 0 Å². The summed E-state index contributed by atoms with van der Waals surface area (Å²) in [5, 5.41) is 3.49. The molecule has 0 amide bonds. The molecule has 0 saturated heterocycles. The summed E-state index contributed by atoms with van der Waals surface area (Å²) in [6.07, 6.45) is 8.10. The van der Waals surface area contributed by atoms with Gasteiger partial charge >= 0.3 is 0 Å².